The van der Waals surface area contributed by atoms with Gasteiger partial charge in [0.25, 0.3) is 0 Å². The molecule has 1 aromatic rings. The number of allylic oxidation sites excluding steroid dienone is 1. The third kappa shape index (κ3) is 5.85. The summed E-state index contributed by atoms with van der Waals surface area (Å²) in [5, 5.41) is 13.0. The van der Waals surface area contributed by atoms with Gasteiger partial charge in [0, 0.05) is 0 Å². The molecule has 0 bridgehead atoms. The monoisotopic (exact) mass is 348 g/mol. The minimum Gasteiger partial charge on any atom is -0.479 e. The van der Waals surface area contributed by atoms with E-state index in [-0.39, 0.29) is 0 Å². The summed E-state index contributed by atoms with van der Waals surface area (Å²) < 4.78 is 5.18. The van der Waals surface area contributed by atoms with E-state index in [0.29, 0.717) is 5.56 Å². The average Bonchev–Trinajstić information content (AvgIpc) is 2.43. The molecule has 131 valence electrons. The molecule has 1 aromatic carbocycles. The highest BCUT2D eigenvalue weighted by Gasteiger charge is 2.28. The summed E-state index contributed by atoms with van der Waals surface area (Å²) in [7, 11) is -0.919. The number of alkyl carbamates (subject to hydrolysis) is 1. The quantitative estimate of drug-likeness (QED) is 0.612. The SMILES string of the molecule is C=CCc1ccc([C@H](NC(=O)OC(C)(C)C)C(=O)O)c([Si](C)C)c1. The molecule has 0 aliphatic rings. The number of rotatable bonds is 6. The number of carboxylic acid groups (broad SMARTS) is 1. The Labute approximate surface area is 145 Å². The first-order valence-corrected chi connectivity index (χ1v) is 10.3. The predicted molar refractivity (Wildman–Crippen MR) is 97.2 cm³/mol. The maximum Gasteiger partial charge on any atom is 0.408 e. The summed E-state index contributed by atoms with van der Waals surface area (Å²) in [6.45, 7) is 13.1. The number of aliphatic carboxylic acids is 1. The number of amides is 1. The summed E-state index contributed by atoms with van der Waals surface area (Å²) in [5.41, 5.74) is 1.00. The zero-order chi connectivity index (χ0) is 18.5. The van der Waals surface area contributed by atoms with Gasteiger partial charge in [0.15, 0.2) is 6.04 Å². The molecule has 0 aliphatic heterocycles. The molecule has 0 fully saturated rings. The lowest BCUT2D eigenvalue weighted by atomic mass is 10.0. The Balaban J connectivity index is 3.18. The summed E-state index contributed by atoms with van der Waals surface area (Å²) in [6, 6.07) is 4.53. The van der Waals surface area contributed by atoms with E-state index in [1.165, 1.54) is 0 Å². The maximum absolute atomic E-state index is 12.0. The number of nitrogens with one attached hydrogen (secondary N) is 1. The van der Waals surface area contributed by atoms with Crippen molar-refractivity contribution in [3.63, 3.8) is 0 Å². The van der Waals surface area contributed by atoms with Gasteiger partial charge < -0.3 is 15.2 Å². The molecule has 1 atom stereocenters. The Morgan fingerprint density at radius 3 is 2.46 bits per heavy atom. The molecule has 6 heteroatoms. The lowest BCUT2D eigenvalue weighted by Gasteiger charge is -2.24. The van der Waals surface area contributed by atoms with Gasteiger partial charge in [0.05, 0.1) is 8.80 Å². The smallest absolute Gasteiger partial charge is 0.408 e. The van der Waals surface area contributed by atoms with Gasteiger partial charge in [-0.3, -0.25) is 0 Å². The number of benzene rings is 1. The molecular formula is C18H26NO4Si. The highest BCUT2D eigenvalue weighted by atomic mass is 28.3. The maximum atomic E-state index is 12.0. The van der Waals surface area contributed by atoms with Crippen LogP contribution in [-0.4, -0.2) is 31.6 Å². The fraction of sp³-hybridized carbons (Fsp3) is 0.444. The van der Waals surface area contributed by atoms with E-state index in [2.05, 4.69) is 25.0 Å². The number of carboxylic acids is 1. The zero-order valence-corrected chi connectivity index (χ0v) is 16.0. The van der Waals surface area contributed by atoms with Crippen molar-refractivity contribution in [2.24, 2.45) is 0 Å². The van der Waals surface area contributed by atoms with Gasteiger partial charge >= 0.3 is 12.1 Å². The van der Waals surface area contributed by atoms with E-state index >= 15 is 0 Å². The summed E-state index contributed by atoms with van der Waals surface area (Å²) in [4.78, 5) is 23.7. The van der Waals surface area contributed by atoms with Crippen LogP contribution < -0.4 is 10.5 Å². The lowest BCUT2D eigenvalue weighted by molar-refractivity contribution is -0.139. The molecule has 0 heterocycles. The second-order valence-electron chi connectivity index (χ2n) is 6.83. The Morgan fingerprint density at radius 1 is 1.38 bits per heavy atom. The number of hydrogen-bond acceptors (Lipinski definition) is 3. The standard InChI is InChI=1S/C18H26NO4Si/c1-7-8-12-9-10-13(14(11-12)24(5)6)15(16(20)21)19-17(22)23-18(2,3)4/h7,9-11,15H,1,8H2,2-6H3,(H,19,22)(H,20,21)/t15-/m0/s1. The van der Waals surface area contributed by atoms with Crippen LogP contribution in [0.3, 0.4) is 0 Å². The molecule has 0 aromatic heterocycles. The van der Waals surface area contributed by atoms with Crippen LogP contribution in [0, 0.1) is 0 Å². The van der Waals surface area contributed by atoms with Crippen molar-refractivity contribution in [2.45, 2.75) is 51.9 Å². The van der Waals surface area contributed by atoms with Crippen LogP contribution in [0.25, 0.3) is 0 Å². The minimum absolute atomic E-state index is 0.611. The van der Waals surface area contributed by atoms with Crippen LogP contribution in [0.2, 0.25) is 13.1 Å². The molecule has 0 saturated carbocycles. The fourth-order valence-electron chi connectivity index (χ4n) is 2.28. The molecule has 0 unspecified atom stereocenters. The highest BCUT2D eigenvalue weighted by Crippen LogP contribution is 2.16. The first-order valence-electron chi connectivity index (χ1n) is 7.81. The fourth-order valence-corrected chi connectivity index (χ4v) is 3.56. The molecule has 0 spiro atoms. The normalized spacial score (nSPS) is 12.6. The van der Waals surface area contributed by atoms with Gasteiger partial charge in [-0.15, -0.1) is 6.58 Å². The second-order valence-corrected chi connectivity index (χ2v) is 9.37. The van der Waals surface area contributed by atoms with Gasteiger partial charge in [0.2, 0.25) is 0 Å². The Kier molecular flexibility index (Phi) is 6.77. The molecule has 24 heavy (non-hydrogen) atoms. The van der Waals surface area contributed by atoms with Crippen molar-refractivity contribution in [3.05, 3.63) is 42.0 Å². The van der Waals surface area contributed by atoms with Crippen LogP contribution in [0.5, 0.6) is 0 Å². The lowest BCUT2D eigenvalue weighted by Crippen LogP contribution is -2.41. The Hall–Kier alpha value is -2.08. The number of carbonyl (C=O) groups excluding carboxylic acids is 1. The van der Waals surface area contributed by atoms with E-state index in [1.807, 2.05) is 18.2 Å². The van der Waals surface area contributed by atoms with E-state index in [1.54, 1.807) is 26.8 Å². The van der Waals surface area contributed by atoms with Crippen molar-refractivity contribution in [1.29, 1.82) is 0 Å². The van der Waals surface area contributed by atoms with Crippen LogP contribution in [-0.2, 0) is 16.0 Å². The van der Waals surface area contributed by atoms with E-state index in [4.69, 9.17) is 4.74 Å². The predicted octanol–water partition coefficient (Wildman–Crippen LogP) is 3.03. The average molecular weight is 348 g/mol. The van der Waals surface area contributed by atoms with Crippen molar-refractivity contribution in [3.8, 4) is 0 Å². The van der Waals surface area contributed by atoms with Gasteiger partial charge in [-0.25, -0.2) is 9.59 Å². The molecule has 2 N–H and O–H groups in total. The van der Waals surface area contributed by atoms with Crippen molar-refractivity contribution < 1.29 is 19.4 Å². The van der Waals surface area contributed by atoms with Gasteiger partial charge in [-0.2, -0.15) is 0 Å². The van der Waals surface area contributed by atoms with Gasteiger partial charge in [-0.1, -0.05) is 42.6 Å². The second kappa shape index (κ2) is 8.15. The van der Waals surface area contributed by atoms with E-state index in [9.17, 15) is 14.7 Å². The molecule has 5 nitrogen and oxygen atoms in total. The third-order valence-corrected chi connectivity index (χ3v) is 4.77. The summed E-state index contributed by atoms with van der Waals surface area (Å²) in [6.07, 6.45) is 1.79. The van der Waals surface area contributed by atoms with E-state index in [0.717, 1.165) is 17.2 Å². The molecule has 1 radical (unpaired) electrons. The first kappa shape index (κ1) is 20.0. The van der Waals surface area contributed by atoms with Crippen molar-refractivity contribution >= 4 is 26.0 Å². The molecule has 0 aliphatic carbocycles. The van der Waals surface area contributed by atoms with E-state index < -0.39 is 32.5 Å². The minimum atomic E-state index is -1.13. The molecule has 0 saturated heterocycles. The number of ether oxygens (including phenoxy) is 1. The van der Waals surface area contributed by atoms with Crippen LogP contribution in [0.1, 0.15) is 37.9 Å². The molecule has 1 rings (SSSR count). The summed E-state index contributed by atoms with van der Waals surface area (Å²) in [5.74, 6) is -1.11. The zero-order valence-electron chi connectivity index (χ0n) is 15.0. The van der Waals surface area contributed by atoms with Gasteiger partial charge in [-0.05, 0) is 38.3 Å². The Bertz CT molecular complexity index is 620. The Morgan fingerprint density at radius 2 is 2.00 bits per heavy atom. The largest absolute Gasteiger partial charge is 0.479 e. The molecular weight excluding hydrogens is 322 g/mol. The first-order chi connectivity index (χ1) is 11.0. The summed E-state index contributed by atoms with van der Waals surface area (Å²) >= 11 is 0. The van der Waals surface area contributed by atoms with Crippen molar-refractivity contribution in [1.82, 2.24) is 5.32 Å². The van der Waals surface area contributed by atoms with Crippen molar-refractivity contribution in [2.75, 3.05) is 0 Å². The van der Waals surface area contributed by atoms with Gasteiger partial charge in [0.1, 0.15) is 5.60 Å². The van der Waals surface area contributed by atoms with Crippen LogP contribution >= 0.6 is 0 Å². The topological polar surface area (TPSA) is 75.6 Å². The number of hydrogen-bond donors (Lipinski definition) is 2. The van der Waals surface area contributed by atoms with Crippen LogP contribution in [0.4, 0.5) is 4.79 Å². The molecule has 1 amide bonds. The van der Waals surface area contributed by atoms with Crippen LogP contribution in [0.15, 0.2) is 30.9 Å². The third-order valence-electron chi connectivity index (χ3n) is 3.26. The highest BCUT2D eigenvalue weighted by molar-refractivity contribution is 6.71. The number of carbonyl (C=O) groups is 2.